The molecular formula is C24H24N6O2. The van der Waals surface area contributed by atoms with Crippen molar-refractivity contribution in [3.63, 3.8) is 0 Å². The van der Waals surface area contributed by atoms with E-state index in [-0.39, 0.29) is 5.91 Å². The first-order chi connectivity index (χ1) is 15.7. The number of anilines is 2. The van der Waals surface area contributed by atoms with Crippen LogP contribution in [0.5, 0.6) is 0 Å². The Balaban J connectivity index is 1.36. The molecule has 3 aromatic heterocycles. The molecule has 8 heteroatoms. The predicted octanol–water partition coefficient (Wildman–Crippen LogP) is 3.67. The number of nitrogens with one attached hydrogen (secondary N) is 2. The van der Waals surface area contributed by atoms with Crippen LogP contribution in [0.3, 0.4) is 0 Å². The minimum absolute atomic E-state index is 0.218. The molecule has 162 valence electrons. The molecule has 1 aliphatic heterocycles. The summed E-state index contributed by atoms with van der Waals surface area (Å²) in [6.07, 6.45) is 4.12. The highest BCUT2D eigenvalue weighted by atomic mass is 16.5. The molecule has 0 bridgehead atoms. The van der Waals surface area contributed by atoms with E-state index in [4.69, 9.17) is 4.74 Å². The number of pyridine rings is 1. The molecule has 0 spiro atoms. The normalized spacial score (nSPS) is 14.0. The van der Waals surface area contributed by atoms with E-state index >= 15 is 0 Å². The van der Waals surface area contributed by atoms with Crippen molar-refractivity contribution in [2.24, 2.45) is 0 Å². The van der Waals surface area contributed by atoms with Crippen molar-refractivity contribution in [2.45, 2.75) is 13.3 Å². The molecule has 0 atom stereocenters. The molecule has 1 amide bonds. The van der Waals surface area contributed by atoms with Crippen molar-refractivity contribution in [3.8, 4) is 11.3 Å². The molecule has 4 aromatic rings. The van der Waals surface area contributed by atoms with Gasteiger partial charge in [0.1, 0.15) is 23.5 Å². The minimum atomic E-state index is -0.218. The molecule has 0 unspecified atom stereocenters. The average molecular weight is 428 g/mol. The van der Waals surface area contributed by atoms with Gasteiger partial charge in [0.25, 0.3) is 5.91 Å². The summed E-state index contributed by atoms with van der Waals surface area (Å²) in [6.45, 7) is 5.09. The second-order valence-corrected chi connectivity index (χ2v) is 7.68. The van der Waals surface area contributed by atoms with Crippen LogP contribution >= 0.6 is 0 Å². The number of hydrogen-bond acceptors (Lipinski definition) is 6. The Morgan fingerprint density at radius 3 is 2.69 bits per heavy atom. The quantitative estimate of drug-likeness (QED) is 0.504. The van der Waals surface area contributed by atoms with Crippen molar-refractivity contribution < 1.29 is 9.53 Å². The molecule has 2 N–H and O–H groups in total. The lowest BCUT2D eigenvalue weighted by Crippen LogP contribution is -2.36. The van der Waals surface area contributed by atoms with Crippen LogP contribution in [0.1, 0.15) is 23.0 Å². The van der Waals surface area contributed by atoms with E-state index in [9.17, 15) is 4.79 Å². The lowest BCUT2D eigenvalue weighted by molar-refractivity contribution is 0.102. The molecule has 1 saturated heterocycles. The van der Waals surface area contributed by atoms with Crippen LogP contribution in [0.25, 0.3) is 22.3 Å². The third-order valence-electron chi connectivity index (χ3n) is 5.63. The first-order valence-corrected chi connectivity index (χ1v) is 10.7. The number of amides is 1. The summed E-state index contributed by atoms with van der Waals surface area (Å²) in [4.78, 5) is 31.2. The summed E-state index contributed by atoms with van der Waals surface area (Å²) < 4.78 is 5.46. The maximum Gasteiger partial charge on any atom is 0.274 e. The zero-order valence-corrected chi connectivity index (χ0v) is 17.8. The van der Waals surface area contributed by atoms with Gasteiger partial charge in [0.05, 0.1) is 18.6 Å². The van der Waals surface area contributed by atoms with Gasteiger partial charge in [-0.25, -0.2) is 9.97 Å². The number of fused-ring (bicyclic) bond motifs is 1. The van der Waals surface area contributed by atoms with E-state index < -0.39 is 0 Å². The van der Waals surface area contributed by atoms with Gasteiger partial charge in [-0.1, -0.05) is 19.1 Å². The van der Waals surface area contributed by atoms with Gasteiger partial charge >= 0.3 is 0 Å². The highest BCUT2D eigenvalue weighted by Crippen LogP contribution is 2.29. The molecular weight excluding hydrogens is 404 g/mol. The molecule has 1 aliphatic rings. The summed E-state index contributed by atoms with van der Waals surface area (Å²) in [7, 11) is 0. The second-order valence-electron chi connectivity index (χ2n) is 7.68. The highest BCUT2D eigenvalue weighted by molar-refractivity contribution is 6.03. The summed E-state index contributed by atoms with van der Waals surface area (Å²) >= 11 is 0. The summed E-state index contributed by atoms with van der Waals surface area (Å²) in [5, 5.41) is 3.90. The van der Waals surface area contributed by atoms with Crippen molar-refractivity contribution in [3.05, 3.63) is 66.2 Å². The Morgan fingerprint density at radius 1 is 1.09 bits per heavy atom. The predicted molar refractivity (Wildman–Crippen MR) is 124 cm³/mol. The van der Waals surface area contributed by atoms with Crippen LogP contribution in [0.2, 0.25) is 0 Å². The summed E-state index contributed by atoms with van der Waals surface area (Å²) in [6, 6.07) is 13.5. The highest BCUT2D eigenvalue weighted by Gasteiger charge is 2.17. The molecule has 32 heavy (non-hydrogen) atoms. The minimum Gasteiger partial charge on any atom is -0.378 e. The van der Waals surface area contributed by atoms with Crippen molar-refractivity contribution in [1.82, 2.24) is 19.9 Å². The van der Waals surface area contributed by atoms with E-state index in [0.717, 1.165) is 53.2 Å². The van der Waals surface area contributed by atoms with Crippen molar-refractivity contribution in [1.29, 1.82) is 0 Å². The molecule has 0 radical (unpaired) electrons. The third-order valence-corrected chi connectivity index (χ3v) is 5.63. The number of aromatic nitrogens is 4. The Bertz CT molecular complexity index is 1250. The zero-order valence-electron chi connectivity index (χ0n) is 17.8. The number of hydrogen-bond donors (Lipinski definition) is 2. The van der Waals surface area contributed by atoms with E-state index in [1.54, 1.807) is 12.5 Å². The van der Waals surface area contributed by atoms with Gasteiger partial charge in [-0.15, -0.1) is 0 Å². The number of nitrogens with zero attached hydrogens (tertiary/aromatic N) is 4. The number of aryl methyl sites for hydroxylation is 1. The Hall–Kier alpha value is -3.78. The van der Waals surface area contributed by atoms with Gasteiger partial charge < -0.3 is 19.9 Å². The molecule has 4 heterocycles. The lowest BCUT2D eigenvalue weighted by Gasteiger charge is -2.27. The number of carbonyl (C=O) groups excluding carboxylic acids is 1. The number of carbonyl (C=O) groups is 1. The Kier molecular flexibility index (Phi) is 5.51. The fourth-order valence-electron chi connectivity index (χ4n) is 3.86. The smallest absolute Gasteiger partial charge is 0.274 e. The van der Waals surface area contributed by atoms with Gasteiger partial charge in [-0.3, -0.25) is 9.78 Å². The topological polar surface area (TPSA) is 96.0 Å². The Labute approximate surface area is 185 Å². The van der Waals surface area contributed by atoms with Crippen LogP contribution in [-0.2, 0) is 11.2 Å². The van der Waals surface area contributed by atoms with Gasteiger partial charge in [-0.2, -0.15) is 0 Å². The van der Waals surface area contributed by atoms with Gasteiger partial charge in [-0.05, 0) is 47.9 Å². The maximum absolute atomic E-state index is 12.5. The first kappa shape index (κ1) is 20.1. The molecule has 0 saturated carbocycles. The van der Waals surface area contributed by atoms with Crippen LogP contribution in [-0.4, -0.2) is 52.1 Å². The van der Waals surface area contributed by atoms with Gasteiger partial charge in [0.15, 0.2) is 0 Å². The number of morpholine rings is 1. The van der Waals surface area contributed by atoms with E-state index in [0.29, 0.717) is 24.6 Å². The third kappa shape index (κ3) is 4.04. The van der Waals surface area contributed by atoms with E-state index in [1.165, 1.54) is 0 Å². The van der Waals surface area contributed by atoms with Crippen LogP contribution in [0, 0.1) is 0 Å². The Morgan fingerprint density at radius 2 is 1.91 bits per heavy atom. The van der Waals surface area contributed by atoms with Crippen molar-refractivity contribution >= 4 is 28.4 Å². The van der Waals surface area contributed by atoms with Crippen LogP contribution < -0.4 is 10.2 Å². The molecule has 0 aliphatic carbocycles. The largest absolute Gasteiger partial charge is 0.378 e. The number of benzene rings is 1. The number of rotatable bonds is 5. The zero-order chi connectivity index (χ0) is 21.9. The fourth-order valence-corrected chi connectivity index (χ4v) is 3.86. The maximum atomic E-state index is 12.5. The number of aromatic amines is 1. The molecule has 1 fully saturated rings. The first-order valence-electron chi connectivity index (χ1n) is 10.7. The summed E-state index contributed by atoms with van der Waals surface area (Å²) in [5.74, 6) is 0.704. The van der Waals surface area contributed by atoms with Gasteiger partial charge in [0, 0.05) is 30.7 Å². The van der Waals surface area contributed by atoms with E-state index in [2.05, 4.69) is 43.1 Å². The fraction of sp³-hybridized carbons (Fsp3) is 0.250. The van der Waals surface area contributed by atoms with Crippen LogP contribution in [0.15, 0.2) is 55.0 Å². The average Bonchev–Trinajstić information content (AvgIpc) is 3.29. The lowest BCUT2D eigenvalue weighted by atomic mass is 10.1. The van der Waals surface area contributed by atoms with Crippen molar-refractivity contribution in [2.75, 3.05) is 36.5 Å². The summed E-state index contributed by atoms with van der Waals surface area (Å²) in [5.41, 5.74) is 4.96. The number of H-pyrrole nitrogens is 1. The molecule has 5 rings (SSSR count). The monoisotopic (exact) mass is 428 g/mol. The SMILES string of the molecule is CCc1ccnc(C(=O)Nc2ccc(-c3cc4c(N5CCOCC5)ncnc4[nH]3)cc2)c1. The number of ether oxygens (including phenoxy) is 1. The van der Waals surface area contributed by atoms with Crippen LogP contribution in [0.4, 0.5) is 11.5 Å². The standard InChI is InChI=1S/C24H24N6O2/c1-2-16-7-8-25-21(13-16)24(31)28-18-5-3-17(4-6-18)20-14-19-22(29-20)26-15-27-23(19)30-9-11-32-12-10-30/h3-8,13-15H,2,9-12H2,1H3,(H,28,31)(H,26,27,29). The molecule has 1 aromatic carbocycles. The van der Waals surface area contributed by atoms with E-state index in [1.807, 2.05) is 36.4 Å². The molecule has 8 nitrogen and oxygen atoms in total. The van der Waals surface area contributed by atoms with Gasteiger partial charge in [0.2, 0.25) is 0 Å². The second kappa shape index (κ2) is 8.76.